The monoisotopic (exact) mass is 226 g/mol. The zero-order valence-corrected chi connectivity index (χ0v) is 8.80. The van der Waals surface area contributed by atoms with Crippen LogP contribution in [-0.4, -0.2) is 39.0 Å². The third kappa shape index (κ3) is 3.35. The first-order valence-corrected chi connectivity index (χ1v) is 4.77. The van der Waals surface area contributed by atoms with Crippen molar-refractivity contribution in [1.82, 2.24) is 15.3 Å². The topological polar surface area (TPSA) is 121 Å². The minimum atomic E-state index is -1.11. The Morgan fingerprint density at radius 2 is 2.38 bits per heavy atom. The van der Waals surface area contributed by atoms with Crippen molar-refractivity contribution in [3.05, 3.63) is 18.2 Å². The molecule has 0 fully saturated rings. The Morgan fingerprint density at radius 1 is 1.69 bits per heavy atom. The van der Waals surface area contributed by atoms with E-state index >= 15 is 0 Å². The van der Waals surface area contributed by atoms with Crippen LogP contribution in [0, 0.1) is 0 Å². The van der Waals surface area contributed by atoms with Crippen molar-refractivity contribution in [3.8, 4) is 0 Å². The van der Waals surface area contributed by atoms with Gasteiger partial charge in [0.1, 0.15) is 6.04 Å². The number of aromatic nitrogens is 2. The van der Waals surface area contributed by atoms with Crippen LogP contribution in [0.1, 0.15) is 12.6 Å². The summed E-state index contributed by atoms with van der Waals surface area (Å²) in [5.74, 6) is -1.61. The molecule has 1 amide bonds. The van der Waals surface area contributed by atoms with Gasteiger partial charge in [0.2, 0.25) is 5.91 Å². The first-order valence-electron chi connectivity index (χ1n) is 4.77. The van der Waals surface area contributed by atoms with Crippen LogP contribution in [0.5, 0.6) is 0 Å². The van der Waals surface area contributed by atoms with Gasteiger partial charge in [-0.1, -0.05) is 0 Å². The zero-order valence-electron chi connectivity index (χ0n) is 8.80. The summed E-state index contributed by atoms with van der Waals surface area (Å²) in [6.45, 7) is 1.49. The number of carbonyl (C=O) groups excluding carboxylic acids is 1. The summed E-state index contributed by atoms with van der Waals surface area (Å²) in [7, 11) is 0. The van der Waals surface area contributed by atoms with Crippen LogP contribution in [0.3, 0.4) is 0 Å². The summed E-state index contributed by atoms with van der Waals surface area (Å²) >= 11 is 0. The van der Waals surface area contributed by atoms with Gasteiger partial charge in [-0.15, -0.1) is 0 Å². The molecule has 7 nitrogen and oxygen atoms in total. The van der Waals surface area contributed by atoms with E-state index in [4.69, 9.17) is 10.8 Å². The van der Waals surface area contributed by atoms with E-state index in [0.29, 0.717) is 5.69 Å². The van der Waals surface area contributed by atoms with E-state index in [0.717, 1.165) is 0 Å². The number of imidazole rings is 1. The fourth-order valence-electron chi connectivity index (χ4n) is 1.11. The summed E-state index contributed by atoms with van der Waals surface area (Å²) in [5, 5.41) is 11.2. The average Bonchev–Trinajstić information content (AvgIpc) is 2.68. The molecule has 5 N–H and O–H groups in total. The van der Waals surface area contributed by atoms with E-state index in [9.17, 15) is 9.59 Å². The molecule has 0 aromatic carbocycles. The molecule has 0 aliphatic rings. The molecule has 0 radical (unpaired) electrons. The Labute approximate surface area is 92.1 Å². The third-order valence-corrected chi connectivity index (χ3v) is 2.00. The minimum absolute atomic E-state index is 0.122. The molecule has 0 saturated heterocycles. The fraction of sp³-hybridized carbons (Fsp3) is 0.444. The van der Waals surface area contributed by atoms with Crippen molar-refractivity contribution in [1.29, 1.82) is 0 Å². The minimum Gasteiger partial charge on any atom is -0.480 e. The number of aliphatic carboxylic acids is 1. The van der Waals surface area contributed by atoms with Crippen molar-refractivity contribution in [2.45, 2.75) is 25.4 Å². The van der Waals surface area contributed by atoms with Crippen LogP contribution < -0.4 is 11.1 Å². The maximum Gasteiger partial charge on any atom is 0.326 e. The number of rotatable bonds is 5. The highest BCUT2D eigenvalue weighted by atomic mass is 16.4. The van der Waals surface area contributed by atoms with E-state index in [1.165, 1.54) is 13.3 Å². The van der Waals surface area contributed by atoms with Gasteiger partial charge in [-0.2, -0.15) is 0 Å². The van der Waals surface area contributed by atoms with Crippen molar-refractivity contribution in [3.63, 3.8) is 0 Å². The number of amides is 1. The smallest absolute Gasteiger partial charge is 0.326 e. The highest BCUT2D eigenvalue weighted by molar-refractivity contribution is 5.86. The Balaban J connectivity index is 2.62. The van der Waals surface area contributed by atoms with Crippen LogP contribution >= 0.6 is 0 Å². The molecule has 1 unspecified atom stereocenters. The lowest BCUT2D eigenvalue weighted by molar-refractivity contribution is -0.141. The number of hydrogen-bond donors (Lipinski definition) is 4. The second-order valence-electron chi connectivity index (χ2n) is 3.45. The van der Waals surface area contributed by atoms with Crippen molar-refractivity contribution < 1.29 is 14.7 Å². The Morgan fingerprint density at radius 3 is 2.81 bits per heavy atom. The summed E-state index contributed by atoms with van der Waals surface area (Å²) < 4.78 is 0. The van der Waals surface area contributed by atoms with Crippen LogP contribution in [0.4, 0.5) is 0 Å². The van der Waals surface area contributed by atoms with Crippen LogP contribution in [-0.2, 0) is 16.0 Å². The number of carboxylic acid groups (broad SMARTS) is 1. The maximum atomic E-state index is 11.3. The summed E-state index contributed by atoms with van der Waals surface area (Å²) in [6.07, 6.45) is 3.15. The standard InChI is InChI=1S/C9H14N4O3/c1-5(10)8(14)13-7(9(15)16)2-6-3-11-4-12-6/h3-5,7H,2,10H2,1H3,(H,11,12)(H,13,14)(H,15,16)/t5?,7-/m1/s1. The van der Waals surface area contributed by atoms with Gasteiger partial charge in [-0.05, 0) is 6.92 Å². The van der Waals surface area contributed by atoms with Gasteiger partial charge in [0.05, 0.1) is 18.1 Å². The fourth-order valence-corrected chi connectivity index (χ4v) is 1.11. The quantitative estimate of drug-likeness (QED) is 0.506. The molecular formula is C9H14N4O3. The predicted octanol–water partition coefficient (Wildman–Crippen LogP) is -1.13. The van der Waals surface area contributed by atoms with Gasteiger partial charge in [0, 0.05) is 12.6 Å². The highest BCUT2D eigenvalue weighted by Gasteiger charge is 2.22. The normalized spacial score (nSPS) is 14.1. The number of aromatic amines is 1. The molecule has 0 aliphatic carbocycles. The van der Waals surface area contributed by atoms with Gasteiger partial charge >= 0.3 is 5.97 Å². The molecule has 0 spiro atoms. The number of H-pyrrole nitrogens is 1. The molecule has 1 aromatic heterocycles. The first-order chi connectivity index (χ1) is 7.50. The molecule has 0 saturated carbocycles. The van der Waals surface area contributed by atoms with Crippen molar-refractivity contribution >= 4 is 11.9 Å². The molecule has 88 valence electrons. The lowest BCUT2D eigenvalue weighted by Gasteiger charge is -2.14. The summed E-state index contributed by atoms with van der Waals surface area (Å²) in [5.41, 5.74) is 5.90. The van der Waals surface area contributed by atoms with Crippen molar-refractivity contribution in [2.75, 3.05) is 0 Å². The second-order valence-corrected chi connectivity index (χ2v) is 3.45. The van der Waals surface area contributed by atoms with E-state index in [2.05, 4.69) is 15.3 Å². The molecule has 0 bridgehead atoms. The molecule has 16 heavy (non-hydrogen) atoms. The molecular weight excluding hydrogens is 212 g/mol. The van der Waals surface area contributed by atoms with E-state index in [1.54, 1.807) is 6.20 Å². The number of carboxylic acids is 1. The van der Waals surface area contributed by atoms with Gasteiger partial charge in [0.25, 0.3) is 0 Å². The molecule has 7 heteroatoms. The number of nitrogens with one attached hydrogen (secondary N) is 2. The third-order valence-electron chi connectivity index (χ3n) is 2.00. The largest absolute Gasteiger partial charge is 0.480 e. The lowest BCUT2D eigenvalue weighted by Crippen LogP contribution is -2.48. The van der Waals surface area contributed by atoms with Crippen LogP contribution in [0.25, 0.3) is 0 Å². The molecule has 1 aromatic rings. The molecule has 1 rings (SSSR count). The van der Waals surface area contributed by atoms with Gasteiger partial charge in [-0.3, -0.25) is 4.79 Å². The summed E-state index contributed by atoms with van der Waals surface area (Å²) in [4.78, 5) is 28.7. The van der Waals surface area contributed by atoms with Crippen LogP contribution in [0.2, 0.25) is 0 Å². The van der Waals surface area contributed by atoms with Gasteiger partial charge in [0.15, 0.2) is 0 Å². The molecule has 1 heterocycles. The lowest BCUT2D eigenvalue weighted by atomic mass is 10.1. The number of nitrogens with two attached hydrogens (primary N) is 1. The van der Waals surface area contributed by atoms with Crippen LogP contribution in [0.15, 0.2) is 12.5 Å². The number of nitrogens with zero attached hydrogens (tertiary/aromatic N) is 1. The Kier molecular flexibility index (Phi) is 4.01. The van der Waals surface area contributed by atoms with Gasteiger partial charge in [-0.25, -0.2) is 9.78 Å². The molecule has 2 atom stereocenters. The second kappa shape index (κ2) is 5.26. The average molecular weight is 226 g/mol. The molecule has 0 aliphatic heterocycles. The SMILES string of the molecule is CC(N)C(=O)N[C@H](Cc1c[nH]cn1)C(=O)O. The zero-order chi connectivity index (χ0) is 12.1. The van der Waals surface area contributed by atoms with E-state index in [-0.39, 0.29) is 6.42 Å². The van der Waals surface area contributed by atoms with E-state index in [1.807, 2.05) is 0 Å². The number of carbonyl (C=O) groups is 2. The Bertz CT molecular complexity index is 361. The van der Waals surface area contributed by atoms with Crippen molar-refractivity contribution in [2.24, 2.45) is 5.73 Å². The predicted molar refractivity (Wildman–Crippen MR) is 55.5 cm³/mol. The van der Waals surface area contributed by atoms with Gasteiger partial charge < -0.3 is 21.1 Å². The summed E-state index contributed by atoms with van der Waals surface area (Å²) in [6, 6.07) is -1.75. The van der Waals surface area contributed by atoms with E-state index < -0.39 is 24.0 Å². The number of hydrogen-bond acceptors (Lipinski definition) is 4. The Hall–Kier alpha value is -1.89. The highest BCUT2D eigenvalue weighted by Crippen LogP contribution is 1.99. The maximum absolute atomic E-state index is 11.3. The first kappa shape index (κ1) is 12.2.